The van der Waals surface area contributed by atoms with Gasteiger partial charge in [0.15, 0.2) is 5.13 Å². The van der Waals surface area contributed by atoms with Crippen molar-refractivity contribution in [2.24, 2.45) is 0 Å². The Bertz CT molecular complexity index is 904. The largest absolute Gasteiger partial charge is 0.496 e. The number of anilines is 1. The van der Waals surface area contributed by atoms with Crippen LogP contribution in [0.2, 0.25) is 0 Å². The predicted molar refractivity (Wildman–Crippen MR) is 93.0 cm³/mol. The average molecular weight is 361 g/mol. The van der Waals surface area contributed by atoms with Crippen LogP contribution in [0.3, 0.4) is 0 Å². The van der Waals surface area contributed by atoms with Gasteiger partial charge in [-0.25, -0.2) is 4.98 Å². The average Bonchev–Trinajstić information content (AvgIpc) is 3.24. The number of nitrogens with zero attached hydrogens (tertiary/aromatic N) is 2. The van der Waals surface area contributed by atoms with Gasteiger partial charge in [0.25, 0.3) is 5.91 Å². The lowest BCUT2D eigenvalue weighted by molar-refractivity contribution is -0.380. The van der Waals surface area contributed by atoms with Crippen molar-refractivity contribution in [2.75, 3.05) is 12.4 Å². The molecule has 0 saturated heterocycles. The molecule has 1 aromatic carbocycles. The molecule has 2 aromatic heterocycles. The number of aromatic nitrogens is 1. The van der Waals surface area contributed by atoms with E-state index < -0.39 is 10.8 Å². The summed E-state index contributed by atoms with van der Waals surface area (Å²) < 4.78 is 5.30. The van der Waals surface area contributed by atoms with Crippen LogP contribution < -0.4 is 10.1 Å². The maximum absolute atomic E-state index is 12.1. The van der Waals surface area contributed by atoms with Crippen molar-refractivity contribution in [3.8, 4) is 17.0 Å². The normalized spacial score (nSPS) is 10.4. The van der Waals surface area contributed by atoms with E-state index >= 15 is 0 Å². The fraction of sp³-hybridized carbons (Fsp3) is 0.0667. The quantitative estimate of drug-likeness (QED) is 0.547. The summed E-state index contributed by atoms with van der Waals surface area (Å²) in [6.07, 6.45) is 0. The van der Waals surface area contributed by atoms with Crippen molar-refractivity contribution in [2.45, 2.75) is 0 Å². The smallest absolute Gasteiger partial charge is 0.324 e. The molecule has 0 aliphatic rings. The zero-order chi connectivity index (χ0) is 17.1. The molecule has 0 atom stereocenters. The van der Waals surface area contributed by atoms with Gasteiger partial charge in [-0.15, -0.1) is 11.3 Å². The molecule has 1 N–H and O–H groups in total. The minimum absolute atomic E-state index is 0.0750. The topological polar surface area (TPSA) is 94.4 Å². The fourth-order valence-electron chi connectivity index (χ4n) is 2.02. The van der Waals surface area contributed by atoms with E-state index in [0.29, 0.717) is 16.6 Å². The zero-order valence-corrected chi connectivity index (χ0v) is 14.0. The molecular weight excluding hydrogens is 350 g/mol. The minimum Gasteiger partial charge on any atom is -0.496 e. The van der Waals surface area contributed by atoms with Gasteiger partial charge >= 0.3 is 5.00 Å². The molecule has 7 nitrogen and oxygen atoms in total. The van der Waals surface area contributed by atoms with Crippen LogP contribution in [0.15, 0.2) is 41.8 Å². The number of carbonyl (C=O) groups is 1. The number of methoxy groups -OCH3 is 1. The van der Waals surface area contributed by atoms with Gasteiger partial charge in [-0.05, 0) is 18.2 Å². The van der Waals surface area contributed by atoms with E-state index in [4.69, 9.17) is 4.74 Å². The molecule has 24 heavy (non-hydrogen) atoms. The van der Waals surface area contributed by atoms with Crippen molar-refractivity contribution in [3.05, 3.63) is 56.8 Å². The molecule has 3 rings (SSSR count). The highest BCUT2D eigenvalue weighted by molar-refractivity contribution is 7.17. The van der Waals surface area contributed by atoms with Gasteiger partial charge in [0.2, 0.25) is 0 Å². The first-order chi connectivity index (χ1) is 11.6. The standard InChI is InChI=1S/C15H11N3O4S2/c1-22-11-5-3-2-4-9(11)10-8-23-15(16-10)17-14(19)12-6-7-13(24-12)18(20)21/h2-8H,1H3,(H,16,17,19). The number of ether oxygens (including phenoxy) is 1. The van der Waals surface area contributed by atoms with E-state index in [1.807, 2.05) is 29.6 Å². The molecule has 0 spiro atoms. The Morgan fingerprint density at radius 3 is 2.79 bits per heavy atom. The predicted octanol–water partition coefficient (Wildman–Crippen LogP) is 4.04. The number of rotatable bonds is 5. The Morgan fingerprint density at radius 2 is 2.08 bits per heavy atom. The van der Waals surface area contributed by atoms with E-state index in [-0.39, 0.29) is 9.88 Å². The highest BCUT2D eigenvalue weighted by Crippen LogP contribution is 2.32. The summed E-state index contributed by atoms with van der Waals surface area (Å²) in [4.78, 5) is 26.9. The van der Waals surface area contributed by atoms with Crippen LogP contribution >= 0.6 is 22.7 Å². The maximum Gasteiger partial charge on any atom is 0.324 e. The van der Waals surface area contributed by atoms with Crippen molar-refractivity contribution in [3.63, 3.8) is 0 Å². The number of nitro groups is 1. The van der Waals surface area contributed by atoms with Gasteiger partial charge < -0.3 is 4.74 Å². The Kier molecular flexibility index (Phi) is 4.54. The van der Waals surface area contributed by atoms with Gasteiger partial charge in [-0.2, -0.15) is 0 Å². The molecule has 0 aliphatic carbocycles. The molecule has 0 saturated carbocycles. The van der Waals surface area contributed by atoms with Crippen LogP contribution in [0.25, 0.3) is 11.3 Å². The molecule has 0 fully saturated rings. The van der Waals surface area contributed by atoms with Gasteiger partial charge in [0.1, 0.15) is 5.75 Å². The number of para-hydroxylation sites is 1. The number of thiazole rings is 1. The molecule has 0 bridgehead atoms. The van der Waals surface area contributed by atoms with Gasteiger partial charge in [-0.1, -0.05) is 23.5 Å². The Balaban J connectivity index is 1.78. The lowest BCUT2D eigenvalue weighted by atomic mass is 10.1. The number of amides is 1. The van der Waals surface area contributed by atoms with Crippen LogP contribution in [-0.2, 0) is 0 Å². The molecule has 2 heterocycles. The van der Waals surface area contributed by atoms with Crippen molar-refractivity contribution >= 4 is 38.7 Å². The van der Waals surface area contributed by atoms with Crippen LogP contribution in [0.5, 0.6) is 5.75 Å². The lowest BCUT2D eigenvalue weighted by Crippen LogP contribution is -2.09. The summed E-state index contributed by atoms with van der Waals surface area (Å²) in [6.45, 7) is 0. The molecule has 122 valence electrons. The molecule has 0 aliphatic heterocycles. The third-order valence-corrected chi connectivity index (χ3v) is 4.90. The zero-order valence-electron chi connectivity index (χ0n) is 12.4. The van der Waals surface area contributed by atoms with E-state index in [2.05, 4.69) is 10.3 Å². The Labute approximate surface area is 144 Å². The highest BCUT2D eigenvalue weighted by atomic mass is 32.1. The van der Waals surface area contributed by atoms with Crippen LogP contribution in [-0.4, -0.2) is 22.9 Å². The van der Waals surface area contributed by atoms with Crippen molar-refractivity contribution in [1.29, 1.82) is 0 Å². The highest BCUT2D eigenvalue weighted by Gasteiger charge is 2.17. The molecule has 0 radical (unpaired) electrons. The fourth-order valence-corrected chi connectivity index (χ4v) is 3.44. The second kappa shape index (κ2) is 6.77. The summed E-state index contributed by atoms with van der Waals surface area (Å²) in [5.74, 6) is 0.267. The van der Waals surface area contributed by atoms with Crippen molar-refractivity contribution < 1.29 is 14.5 Å². The van der Waals surface area contributed by atoms with E-state index in [1.54, 1.807) is 7.11 Å². The maximum atomic E-state index is 12.1. The monoisotopic (exact) mass is 361 g/mol. The molecule has 1 amide bonds. The van der Waals surface area contributed by atoms with E-state index in [0.717, 1.165) is 16.9 Å². The third-order valence-electron chi connectivity index (χ3n) is 3.10. The number of benzene rings is 1. The number of hydrogen-bond acceptors (Lipinski definition) is 7. The Hall–Kier alpha value is -2.78. The summed E-state index contributed by atoms with van der Waals surface area (Å²) >= 11 is 2.10. The van der Waals surface area contributed by atoms with Crippen LogP contribution in [0.4, 0.5) is 10.1 Å². The van der Waals surface area contributed by atoms with E-state index in [1.165, 1.54) is 23.5 Å². The first-order valence-corrected chi connectivity index (χ1v) is 8.42. The summed E-state index contributed by atoms with van der Waals surface area (Å²) in [5.41, 5.74) is 1.51. The summed E-state index contributed by atoms with van der Waals surface area (Å²) in [7, 11) is 1.58. The van der Waals surface area contributed by atoms with Crippen LogP contribution in [0.1, 0.15) is 9.67 Å². The second-order valence-electron chi connectivity index (χ2n) is 4.59. The van der Waals surface area contributed by atoms with Gasteiger partial charge in [-0.3, -0.25) is 20.2 Å². The van der Waals surface area contributed by atoms with Crippen molar-refractivity contribution in [1.82, 2.24) is 4.98 Å². The SMILES string of the molecule is COc1ccccc1-c1csc(NC(=O)c2ccc([N+](=O)[O-])s2)n1. The molecular formula is C15H11N3O4S2. The van der Waals surface area contributed by atoms with Gasteiger partial charge in [0.05, 0.1) is 22.6 Å². The summed E-state index contributed by atoms with van der Waals surface area (Å²) in [5, 5.41) is 15.5. The van der Waals surface area contributed by atoms with E-state index in [9.17, 15) is 14.9 Å². The molecule has 9 heteroatoms. The van der Waals surface area contributed by atoms with Crippen LogP contribution in [0, 0.1) is 10.1 Å². The summed E-state index contributed by atoms with van der Waals surface area (Å²) in [6, 6.07) is 10.2. The lowest BCUT2D eigenvalue weighted by Gasteiger charge is -2.04. The number of hydrogen-bond donors (Lipinski definition) is 1. The van der Waals surface area contributed by atoms with Gasteiger partial charge in [0, 0.05) is 17.0 Å². The third kappa shape index (κ3) is 3.26. The number of carbonyl (C=O) groups excluding carboxylic acids is 1. The molecule has 3 aromatic rings. The number of thiophene rings is 1. The molecule has 0 unspecified atom stereocenters. The first kappa shape index (κ1) is 16.1. The second-order valence-corrected chi connectivity index (χ2v) is 6.51. The minimum atomic E-state index is -0.523. The first-order valence-electron chi connectivity index (χ1n) is 6.73. The number of nitrogens with one attached hydrogen (secondary N) is 1. The Morgan fingerprint density at radius 1 is 1.29 bits per heavy atom.